The molecule has 1 heterocycles. The molecule has 0 amide bonds. The van der Waals surface area contributed by atoms with Gasteiger partial charge in [0.15, 0.2) is 0 Å². The summed E-state index contributed by atoms with van der Waals surface area (Å²) in [6, 6.07) is 16.5. The van der Waals surface area contributed by atoms with Crippen LogP contribution in [0.15, 0.2) is 48.5 Å². The molecule has 1 saturated heterocycles. The summed E-state index contributed by atoms with van der Waals surface area (Å²) in [4.78, 5) is 2.48. The summed E-state index contributed by atoms with van der Waals surface area (Å²) in [6.45, 7) is 4.66. The van der Waals surface area contributed by atoms with Crippen molar-refractivity contribution in [2.24, 2.45) is 0 Å². The van der Waals surface area contributed by atoms with Gasteiger partial charge in [0.1, 0.15) is 5.75 Å². The number of hydrogen-bond acceptors (Lipinski definition) is 3. The van der Waals surface area contributed by atoms with E-state index in [4.69, 9.17) is 16.3 Å². The molecule has 0 spiro atoms. The second kappa shape index (κ2) is 7.40. The first-order valence-corrected chi connectivity index (χ1v) is 9.03. The molecule has 1 fully saturated rings. The van der Waals surface area contributed by atoms with Crippen LogP contribution in [0.2, 0.25) is 5.02 Å². The zero-order valence-electron chi connectivity index (χ0n) is 12.7. The van der Waals surface area contributed by atoms with Crippen molar-refractivity contribution >= 4 is 23.4 Å². The van der Waals surface area contributed by atoms with Crippen molar-refractivity contribution in [3.63, 3.8) is 0 Å². The number of para-hydroxylation sites is 1. The zero-order chi connectivity index (χ0) is 15.4. The van der Waals surface area contributed by atoms with Gasteiger partial charge >= 0.3 is 0 Å². The van der Waals surface area contributed by atoms with Crippen molar-refractivity contribution in [2.45, 2.75) is 18.8 Å². The Morgan fingerprint density at radius 2 is 1.95 bits per heavy atom. The van der Waals surface area contributed by atoms with Crippen LogP contribution in [-0.2, 0) is 6.54 Å². The van der Waals surface area contributed by atoms with Crippen LogP contribution in [0, 0.1) is 0 Å². The molecule has 0 aromatic heterocycles. The predicted molar refractivity (Wildman–Crippen MR) is 94.7 cm³/mol. The fourth-order valence-corrected chi connectivity index (χ4v) is 4.29. The molecule has 22 heavy (non-hydrogen) atoms. The van der Waals surface area contributed by atoms with Crippen LogP contribution >= 0.6 is 23.4 Å². The molecule has 0 bridgehead atoms. The van der Waals surface area contributed by atoms with E-state index in [1.807, 2.05) is 43.0 Å². The Bertz CT molecular complexity index is 634. The SMILES string of the molecule is CCOc1ccccc1C1SCCN1Cc1ccccc1Cl. The number of thioether (sulfide) groups is 1. The molecule has 3 rings (SSSR count). The first kappa shape index (κ1) is 15.7. The van der Waals surface area contributed by atoms with Crippen molar-refractivity contribution < 1.29 is 4.74 Å². The maximum absolute atomic E-state index is 6.32. The third-order valence-corrected chi connectivity index (χ3v) is 5.46. The number of nitrogens with zero attached hydrogens (tertiary/aromatic N) is 1. The Kier molecular flexibility index (Phi) is 5.29. The van der Waals surface area contributed by atoms with Gasteiger partial charge in [-0.15, -0.1) is 11.8 Å². The smallest absolute Gasteiger partial charge is 0.124 e. The van der Waals surface area contributed by atoms with Gasteiger partial charge in [-0.2, -0.15) is 0 Å². The zero-order valence-corrected chi connectivity index (χ0v) is 14.2. The summed E-state index contributed by atoms with van der Waals surface area (Å²) >= 11 is 8.29. The van der Waals surface area contributed by atoms with Gasteiger partial charge in [-0.25, -0.2) is 0 Å². The first-order valence-electron chi connectivity index (χ1n) is 7.60. The fraction of sp³-hybridized carbons (Fsp3) is 0.333. The number of rotatable bonds is 5. The lowest BCUT2D eigenvalue weighted by atomic mass is 10.1. The van der Waals surface area contributed by atoms with Crippen LogP contribution in [-0.4, -0.2) is 23.8 Å². The average molecular weight is 334 g/mol. The molecular formula is C18H20ClNOS. The van der Waals surface area contributed by atoms with Crippen LogP contribution in [0.25, 0.3) is 0 Å². The largest absolute Gasteiger partial charge is 0.494 e. The molecule has 1 unspecified atom stereocenters. The van der Waals surface area contributed by atoms with E-state index in [2.05, 4.69) is 29.2 Å². The highest BCUT2D eigenvalue weighted by Gasteiger charge is 2.29. The molecule has 0 saturated carbocycles. The molecule has 1 aliphatic rings. The number of hydrogen-bond donors (Lipinski definition) is 0. The van der Waals surface area contributed by atoms with Crippen molar-refractivity contribution in [1.82, 2.24) is 4.90 Å². The summed E-state index contributed by atoms with van der Waals surface area (Å²) in [6.07, 6.45) is 0. The monoisotopic (exact) mass is 333 g/mol. The third kappa shape index (κ3) is 3.43. The summed E-state index contributed by atoms with van der Waals surface area (Å²) in [7, 11) is 0. The topological polar surface area (TPSA) is 12.5 Å². The third-order valence-electron chi connectivity index (χ3n) is 3.80. The number of benzene rings is 2. The highest BCUT2D eigenvalue weighted by molar-refractivity contribution is 7.99. The molecule has 0 N–H and O–H groups in total. The average Bonchev–Trinajstić information content (AvgIpc) is 2.98. The van der Waals surface area contributed by atoms with E-state index in [1.54, 1.807) is 0 Å². The molecule has 116 valence electrons. The fourth-order valence-electron chi connectivity index (χ4n) is 2.77. The quantitative estimate of drug-likeness (QED) is 0.765. The number of ether oxygens (including phenoxy) is 1. The van der Waals surface area contributed by atoms with Crippen LogP contribution in [0.3, 0.4) is 0 Å². The van der Waals surface area contributed by atoms with Crippen LogP contribution < -0.4 is 4.74 Å². The molecule has 0 radical (unpaired) electrons. The minimum atomic E-state index is 0.332. The van der Waals surface area contributed by atoms with E-state index < -0.39 is 0 Å². The number of halogens is 1. The van der Waals surface area contributed by atoms with Gasteiger partial charge in [-0.05, 0) is 24.6 Å². The summed E-state index contributed by atoms with van der Waals surface area (Å²) in [5.74, 6) is 2.13. The van der Waals surface area contributed by atoms with E-state index in [0.717, 1.165) is 29.6 Å². The van der Waals surface area contributed by atoms with Gasteiger partial charge in [0.2, 0.25) is 0 Å². The van der Waals surface area contributed by atoms with Gasteiger partial charge in [0.25, 0.3) is 0 Å². The minimum absolute atomic E-state index is 0.332. The van der Waals surface area contributed by atoms with Gasteiger partial charge in [-0.1, -0.05) is 48.0 Å². The minimum Gasteiger partial charge on any atom is -0.494 e. The molecule has 2 aromatic rings. The first-order chi connectivity index (χ1) is 10.8. The van der Waals surface area contributed by atoms with E-state index >= 15 is 0 Å². The van der Waals surface area contributed by atoms with Gasteiger partial charge in [-0.3, -0.25) is 4.90 Å². The van der Waals surface area contributed by atoms with Crippen LogP contribution in [0.4, 0.5) is 0 Å². The lowest BCUT2D eigenvalue weighted by Gasteiger charge is -2.25. The Hall–Kier alpha value is -1.16. The van der Waals surface area contributed by atoms with Crippen molar-refractivity contribution in [3.8, 4) is 5.75 Å². The summed E-state index contributed by atoms with van der Waals surface area (Å²) in [5.41, 5.74) is 2.45. The van der Waals surface area contributed by atoms with Crippen LogP contribution in [0.5, 0.6) is 5.75 Å². The van der Waals surface area contributed by atoms with E-state index in [0.29, 0.717) is 12.0 Å². The maximum Gasteiger partial charge on any atom is 0.124 e. The Morgan fingerprint density at radius 1 is 1.18 bits per heavy atom. The van der Waals surface area contributed by atoms with E-state index in [9.17, 15) is 0 Å². The van der Waals surface area contributed by atoms with Gasteiger partial charge in [0, 0.05) is 29.4 Å². The van der Waals surface area contributed by atoms with Crippen molar-refractivity contribution in [3.05, 3.63) is 64.7 Å². The highest BCUT2D eigenvalue weighted by Crippen LogP contribution is 2.42. The lowest BCUT2D eigenvalue weighted by molar-refractivity contribution is 0.271. The Balaban J connectivity index is 1.83. The van der Waals surface area contributed by atoms with Crippen molar-refractivity contribution in [1.29, 1.82) is 0 Å². The summed E-state index contributed by atoms with van der Waals surface area (Å²) < 4.78 is 5.81. The molecule has 4 heteroatoms. The predicted octanol–water partition coefficient (Wildman–Crippen LogP) is 4.99. The lowest BCUT2D eigenvalue weighted by Crippen LogP contribution is -2.23. The molecule has 1 atom stereocenters. The van der Waals surface area contributed by atoms with E-state index in [-0.39, 0.29) is 0 Å². The van der Waals surface area contributed by atoms with Gasteiger partial charge < -0.3 is 4.74 Å². The standard InChI is InChI=1S/C18H20ClNOS/c1-2-21-17-10-6-4-8-15(17)18-20(11-12-22-18)13-14-7-3-5-9-16(14)19/h3-10,18H,2,11-13H2,1H3. The van der Waals surface area contributed by atoms with E-state index in [1.165, 1.54) is 11.1 Å². The van der Waals surface area contributed by atoms with Crippen molar-refractivity contribution in [2.75, 3.05) is 18.9 Å². The van der Waals surface area contributed by atoms with Crippen LogP contribution in [0.1, 0.15) is 23.4 Å². The second-order valence-electron chi connectivity index (χ2n) is 5.26. The molecule has 0 aliphatic carbocycles. The normalized spacial score (nSPS) is 18.5. The molecule has 1 aliphatic heterocycles. The maximum atomic E-state index is 6.32. The summed E-state index contributed by atoms with van der Waals surface area (Å²) in [5, 5.41) is 1.18. The Labute approximate surface area is 141 Å². The Morgan fingerprint density at radius 3 is 2.77 bits per heavy atom. The molecular weight excluding hydrogens is 314 g/mol. The molecule has 2 aromatic carbocycles. The highest BCUT2D eigenvalue weighted by atomic mass is 35.5. The second-order valence-corrected chi connectivity index (χ2v) is 6.85. The van der Waals surface area contributed by atoms with Gasteiger partial charge in [0.05, 0.1) is 12.0 Å². The molecule has 2 nitrogen and oxygen atoms in total.